The molecule has 3 nitrogen and oxygen atoms in total. The standard InChI is InChI=1S/C13H3Cl8NO2/c14-3-1-5(16)6(2-4(3)15)22(13(23)24)12-10(20)8(18)7(17)9(19)11(12)21/h1-2H,(H,23,24). The van der Waals surface area contributed by atoms with Gasteiger partial charge in [0.1, 0.15) is 0 Å². The summed E-state index contributed by atoms with van der Waals surface area (Å²) in [5.74, 6) is 0. The van der Waals surface area contributed by atoms with Crippen LogP contribution in [0.15, 0.2) is 12.1 Å². The molecule has 128 valence electrons. The molecular formula is C13H3Cl8NO2. The molecule has 0 radical (unpaired) electrons. The van der Waals surface area contributed by atoms with Crippen molar-refractivity contribution in [1.29, 1.82) is 0 Å². The van der Waals surface area contributed by atoms with Crippen LogP contribution in [0.1, 0.15) is 0 Å². The third-order valence-electron chi connectivity index (χ3n) is 2.83. The zero-order valence-corrected chi connectivity index (χ0v) is 17.0. The molecule has 0 aliphatic rings. The smallest absolute Gasteiger partial charge is 0.416 e. The van der Waals surface area contributed by atoms with Gasteiger partial charge in [-0.1, -0.05) is 92.8 Å². The number of carbonyl (C=O) groups is 1. The van der Waals surface area contributed by atoms with Crippen molar-refractivity contribution in [3.8, 4) is 0 Å². The molecule has 0 heterocycles. The lowest BCUT2D eigenvalue weighted by molar-refractivity contribution is 0.205. The lowest BCUT2D eigenvalue weighted by atomic mass is 10.2. The van der Waals surface area contributed by atoms with E-state index in [9.17, 15) is 9.90 Å². The van der Waals surface area contributed by atoms with Crippen LogP contribution < -0.4 is 4.90 Å². The number of nitrogens with zero attached hydrogens (tertiary/aromatic N) is 1. The van der Waals surface area contributed by atoms with Gasteiger partial charge in [0.25, 0.3) is 0 Å². The second-order valence-corrected chi connectivity index (χ2v) is 7.37. The maximum absolute atomic E-state index is 11.8. The topological polar surface area (TPSA) is 40.5 Å². The molecule has 11 heteroatoms. The molecule has 0 aliphatic carbocycles. The number of amides is 1. The Bertz CT molecular complexity index is 826. The van der Waals surface area contributed by atoms with Crippen molar-refractivity contribution in [2.75, 3.05) is 4.90 Å². The normalized spacial score (nSPS) is 10.8. The fourth-order valence-electron chi connectivity index (χ4n) is 1.79. The van der Waals surface area contributed by atoms with Gasteiger partial charge in [0.15, 0.2) is 0 Å². The van der Waals surface area contributed by atoms with Gasteiger partial charge in [-0.05, 0) is 12.1 Å². The summed E-state index contributed by atoms with van der Waals surface area (Å²) >= 11 is 48.0. The fourth-order valence-corrected chi connectivity index (χ4v) is 3.72. The molecule has 0 unspecified atom stereocenters. The van der Waals surface area contributed by atoms with Crippen LogP contribution in [0.4, 0.5) is 16.2 Å². The molecule has 0 spiro atoms. The fraction of sp³-hybridized carbons (Fsp3) is 0. The second kappa shape index (κ2) is 7.73. The Kier molecular flexibility index (Phi) is 6.55. The average Bonchev–Trinajstić information content (AvgIpc) is 2.51. The SMILES string of the molecule is O=C(O)N(c1cc(Cl)c(Cl)cc1Cl)c1c(Cl)c(Cl)c(Cl)c(Cl)c1Cl. The van der Waals surface area contributed by atoms with Crippen LogP contribution in [-0.4, -0.2) is 11.2 Å². The van der Waals surface area contributed by atoms with Gasteiger partial charge >= 0.3 is 6.09 Å². The number of hydrogen-bond acceptors (Lipinski definition) is 1. The Morgan fingerprint density at radius 1 is 0.708 bits per heavy atom. The van der Waals surface area contributed by atoms with E-state index in [0.717, 1.165) is 0 Å². The molecule has 0 atom stereocenters. The summed E-state index contributed by atoms with van der Waals surface area (Å²) in [7, 11) is 0. The van der Waals surface area contributed by atoms with Gasteiger partial charge < -0.3 is 5.11 Å². The van der Waals surface area contributed by atoms with Gasteiger partial charge in [-0.25, -0.2) is 9.69 Å². The summed E-state index contributed by atoms with van der Waals surface area (Å²) in [6.45, 7) is 0. The lowest BCUT2D eigenvalue weighted by Gasteiger charge is -2.24. The van der Waals surface area contributed by atoms with Gasteiger partial charge in [-0.3, -0.25) is 0 Å². The van der Waals surface area contributed by atoms with Crippen LogP contribution in [0.5, 0.6) is 0 Å². The van der Waals surface area contributed by atoms with Gasteiger partial charge in [0, 0.05) is 0 Å². The Labute approximate surface area is 176 Å². The van der Waals surface area contributed by atoms with Crippen molar-refractivity contribution in [3.05, 3.63) is 52.3 Å². The number of anilines is 2. The number of hydrogen-bond donors (Lipinski definition) is 1. The highest BCUT2D eigenvalue weighted by Crippen LogP contribution is 2.51. The summed E-state index contributed by atoms with van der Waals surface area (Å²) in [5.41, 5.74) is -0.262. The van der Waals surface area contributed by atoms with Gasteiger partial charge in [0.05, 0.1) is 51.6 Å². The van der Waals surface area contributed by atoms with Crippen molar-refractivity contribution in [2.45, 2.75) is 0 Å². The minimum atomic E-state index is -1.46. The Morgan fingerprint density at radius 2 is 1.12 bits per heavy atom. The first-order valence-electron chi connectivity index (χ1n) is 5.77. The molecule has 0 aromatic heterocycles. The highest BCUT2D eigenvalue weighted by atomic mass is 35.5. The Hall–Kier alpha value is 0.0300. The van der Waals surface area contributed by atoms with E-state index in [1.165, 1.54) is 12.1 Å². The van der Waals surface area contributed by atoms with Gasteiger partial charge in [0.2, 0.25) is 0 Å². The minimum Gasteiger partial charge on any atom is -0.464 e. The van der Waals surface area contributed by atoms with Crippen LogP contribution in [0.25, 0.3) is 0 Å². The molecule has 2 rings (SSSR count). The molecule has 1 N–H and O–H groups in total. The van der Waals surface area contributed by atoms with Crippen molar-refractivity contribution < 1.29 is 9.90 Å². The van der Waals surface area contributed by atoms with Crippen LogP contribution >= 0.6 is 92.8 Å². The molecule has 0 saturated carbocycles. The molecule has 0 bridgehead atoms. The number of benzene rings is 2. The molecule has 2 aromatic carbocycles. The summed E-state index contributed by atoms with van der Waals surface area (Å²) < 4.78 is 0. The van der Waals surface area contributed by atoms with Gasteiger partial charge in [-0.2, -0.15) is 0 Å². The highest BCUT2D eigenvalue weighted by Gasteiger charge is 2.30. The Morgan fingerprint density at radius 3 is 1.58 bits per heavy atom. The van der Waals surface area contributed by atoms with Crippen molar-refractivity contribution in [3.63, 3.8) is 0 Å². The maximum atomic E-state index is 11.8. The number of halogens is 8. The van der Waals surface area contributed by atoms with Crippen molar-refractivity contribution in [2.24, 2.45) is 0 Å². The first-order valence-corrected chi connectivity index (χ1v) is 8.79. The van der Waals surface area contributed by atoms with Crippen LogP contribution in [0.3, 0.4) is 0 Å². The molecule has 0 aliphatic heterocycles. The van der Waals surface area contributed by atoms with E-state index in [1.807, 2.05) is 0 Å². The van der Waals surface area contributed by atoms with E-state index in [4.69, 9.17) is 92.8 Å². The molecule has 0 saturated heterocycles. The summed E-state index contributed by atoms with van der Waals surface area (Å²) in [6, 6.07) is 2.51. The average molecular weight is 489 g/mol. The summed E-state index contributed by atoms with van der Waals surface area (Å²) in [5, 5.41) is 8.94. The zero-order valence-electron chi connectivity index (χ0n) is 11.0. The van der Waals surface area contributed by atoms with Crippen molar-refractivity contribution >= 4 is 110 Å². The van der Waals surface area contributed by atoms with Crippen molar-refractivity contribution in [1.82, 2.24) is 0 Å². The third kappa shape index (κ3) is 3.60. The highest BCUT2D eigenvalue weighted by molar-refractivity contribution is 6.57. The first-order chi connectivity index (χ1) is 11.1. The molecule has 0 fully saturated rings. The summed E-state index contributed by atoms with van der Waals surface area (Å²) in [6.07, 6.45) is -1.46. The zero-order chi connectivity index (χ0) is 18.3. The molecular weight excluding hydrogens is 486 g/mol. The van der Waals surface area contributed by atoms with E-state index in [2.05, 4.69) is 0 Å². The van der Waals surface area contributed by atoms with Gasteiger partial charge in [-0.15, -0.1) is 0 Å². The summed E-state index contributed by atoms with van der Waals surface area (Å²) in [4.78, 5) is 12.5. The van der Waals surface area contributed by atoms with Crippen LogP contribution in [0, 0.1) is 0 Å². The quantitative estimate of drug-likeness (QED) is 0.339. The largest absolute Gasteiger partial charge is 0.464 e. The van der Waals surface area contributed by atoms with E-state index < -0.39 is 6.09 Å². The minimum absolute atomic E-state index is 0.0128. The third-order valence-corrected chi connectivity index (χ3v) is 6.11. The van der Waals surface area contributed by atoms with E-state index in [0.29, 0.717) is 4.90 Å². The Balaban J connectivity index is 2.85. The second-order valence-electron chi connectivity index (χ2n) is 4.25. The molecule has 2 aromatic rings. The molecule has 1 amide bonds. The number of rotatable bonds is 2. The predicted molar refractivity (Wildman–Crippen MR) is 103 cm³/mol. The van der Waals surface area contributed by atoms with E-state index >= 15 is 0 Å². The monoisotopic (exact) mass is 485 g/mol. The van der Waals surface area contributed by atoms with Crippen LogP contribution in [0.2, 0.25) is 40.2 Å². The lowest BCUT2D eigenvalue weighted by Crippen LogP contribution is -2.25. The maximum Gasteiger partial charge on any atom is 0.416 e. The molecule has 24 heavy (non-hydrogen) atoms. The van der Waals surface area contributed by atoms with E-state index in [1.54, 1.807) is 0 Å². The van der Waals surface area contributed by atoms with E-state index in [-0.39, 0.29) is 51.6 Å². The predicted octanol–water partition coefficient (Wildman–Crippen LogP) is 8.73. The van der Waals surface area contributed by atoms with Crippen LogP contribution in [-0.2, 0) is 0 Å². The first kappa shape index (κ1) is 20.3. The number of carboxylic acid groups (broad SMARTS) is 1.